The van der Waals surface area contributed by atoms with Crippen molar-refractivity contribution in [2.45, 2.75) is 26.2 Å². The molecule has 0 heterocycles. The molecule has 1 aromatic carbocycles. The Morgan fingerprint density at radius 1 is 1.50 bits per heavy atom. The number of aliphatic carboxylic acids is 1. The van der Waals surface area contributed by atoms with E-state index in [0.717, 1.165) is 35.4 Å². The molecule has 1 aromatic rings. The molecule has 1 aliphatic carbocycles. The molecule has 1 N–H and O–H groups in total. The second kappa shape index (κ2) is 4.46. The fourth-order valence-corrected chi connectivity index (χ4v) is 2.55. The van der Waals surface area contributed by atoms with Gasteiger partial charge in [0.25, 0.3) is 0 Å². The van der Waals surface area contributed by atoms with Crippen molar-refractivity contribution in [1.82, 2.24) is 0 Å². The first-order chi connectivity index (χ1) is 7.58. The van der Waals surface area contributed by atoms with E-state index in [9.17, 15) is 4.79 Å². The highest BCUT2D eigenvalue weighted by Gasteiger charge is 2.36. The van der Waals surface area contributed by atoms with Crippen LogP contribution in [0, 0.1) is 18.8 Å². The molecule has 0 bridgehead atoms. The van der Waals surface area contributed by atoms with Crippen molar-refractivity contribution in [3.63, 3.8) is 0 Å². The first kappa shape index (κ1) is 11.5. The first-order valence-corrected chi connectivity index (χ1v) is 5.93. The minimum atomic E-state index is -0.667. The van der Waals surface area contributed by atoms with E-state index in [4.69, 9.17) is 16.7 Å². The molecular formula is C13H15ClO2. The third-order valence-corrected chi connectivity index (χ3v) is 3.78. The van der Waals surface area contributed by atoms with Gasteiger partial charge < -0.3 is 5.11 Å². The second-order valence-corrected chi connectivity index (χ2v) is 4.99. The molecule has 2 nitrogen and oxygen atoms in total. The van der Waals surface area contributed by atoms with Crippen molar-refractivity contribution in [1.29, 1.82) is 0 Å². The van der Waals surface area contributed by atoms with Crippen molar-refractivity contribution < 1.29 is 9.90 Å². The molecule has 0 amide bonds. The Hall–Kier alpha value is -1.02. The van der Waals surface area contributed by atoms with E-state index in [1.165, 1.54) is 0 Å². The highest BCUT2D eigenvalue weighted by atomic mass is 35.5. The number of benzene rings is 1. The monoisotopic (exact) mass is 238 g/mol. The highest BCUT2D eigenvalue weighted by molar-refractivity contribution is 6.31. The van der Waals surface area contributed by atoms with Crippen molar-refractivity contribution in [3.8, 4) is 0 Å². The molecular weight excluding hydrogens is 224 g/mol. The number of aryl methyl sites for hydroxylation is 1. The lowest BCUT2D eigenvalue weighted by Crippen LogP contribution is -2.34. The molecule has 1 aliphatic rings. The third kappa shape index (κ3) is 2.22. The van der Waals surface area contributed by atoms with Crippen LogP contribution in [0.2, 0.25) is 5.02 Å². The van der Waals surface area contributed by atoms with E-state index in [1.54, 1.807) is 0 Å². The summed E-state index contributed by atoms with van der Waals surface area (Å²) in [7, 11) is 0. The maximum absolute atomic E-state index is 10.9. The van der Waals surface area contributed by atoms with Crippen LogP contribution in [0.5, 0.6) is 0 Å². The van der Waals surface area contributed by atoms with Gasteiger partial charge in [-0.15, -0.1) is 0 Å². The lowest BCUT2D eigenvalue weighted by molar-refractivity contribution is -0.147. The summed E-state index contributed by atoms with van der Waals surface area (Å²) in [5, 5.41) is 9.72. The number of halogens is 1. The Morgan fingerprint density at radius 3 is 2.75 bits per heavy atom. The molecule has 0 aliphatic heterocycles. The second-order valence-electron chi connectivity index (χ2n) is 4.58. The number of carbonyl (C=O) groups is 1. The molecule has 16 heavy (non-hydrogen) atoms. The minimum Gasteiger partial charge on any atom is -0.481 e. The number of hydrogen-bond acceptors (Lipinski definition) is 1. The summed E-state index contributed by atoms with van der Waals surface area (Å²) >= 11 is 6.13. The molecule has 86 valence electrons. The standard InChI is InChI=1S/C13H15ClO2/c1-8-2-3-10(12(14)6-8)7-9-4-5-11(9)13(15)16/h2-3,6,9,11H,4-5,7H2,1H3,(H,15,16). The van der Waals surface area contributed by atoms with Crippen LogP contribution in [0.4, 0.5) is 0 Å². The zero-order chi connectivity index (χ0) is 11.7. The van der Waals surface area contributed by atoms with Crippen LogP contribution in [-0.2, 0) is 11.2 Å². The molecule has 2 unspecified atom stereocenters. The number of carboxylic acid groups (broad SMARTS) is 1. The van der Waals surface area contributed by atoms with Gasteiger partial charge in [0.1, 0.15) is 0 Å². The van der Waals surface area contributed by atoms with Crippen molar-refractivity contribution in [3.05, 3.63) is 34.3 Å². The van der Waals surface area contributed by atoms with Crippen molar-refractivity contribution in [2.24, 2.45) is 11.8 Å². The maximum atomic E-state index is 10.9. The largest absolute Gasteiger partial charge is 0.481 e. The van der Waals surface area contributed by atoms with Crippen LogP contribution in [0.25, 0.3) is 0 Å². The predicted octanol–water partition coefficient (Wildman–Crippen LogP) is 3.30. The molecule has 3 heteroatoms. The Morgan fingerprint density at radius 2 is 2.25 bits per heavy atom. The molecule has 0 radical (unpaired) electrons. The molecule has 1 saturated carbocycles. The summed E-state index contributed by atoms with van der Waals surface area (Å²) in [6.07, 6.45) is 2.60. The van der Waals surface area contributed by atoms with E-state index in [1.807, 2.05) is 25.1 Å². The Balaban J connectivity index is 2.07. The predicted molar refractivity (Wildman–Crippen MR) is 63.7 cm³/mol. The van der Waals surface area contributed by atoms with Crippen molar-refractivity contribution >= 4 is 17.6 Å². The van der Waals surface area contributed by atoms with Gasteiger partial charge in [-0.25, -0.2) is 0 Å². The van der Waals surface area contributed by atoms with E-state index in [-0.39, 0.29) is 11.8 Å². The maximum Gasteiger partial charge on any atom is 0.306 e. The zero-order valence-electron chi connectivity index (χ0n) is 9.24. The fourth-order valence-electron chi connectivity index (χ4n) is 2.24. The number of rotatable bonds is 3. The van der Waals surface area contributed by atoms with E-state index < -0.39 is 5.97 Å². The summed E-state index contributed by atoms with van der Waals surface area (Å²) in [5.41, 5.74) is 2.21. The zero-order valence-corrected chi connectivity index (χ0v) is 10.00. The van der Waals surface area contributed by atoms with E-state index in [2.05, 4.69) is 0 Å². The molecule has 0 aromatic heterocycles. The van der Waals surface area contributed by atoms with Crippen LogP contribution in [0.3, 0.4) is 0 Å². The number of carboxylic acids is 1. The SMILES string of the molecule is Cc1ccc(CC2CCC2C(=O)O)c(Cl)c1. The molecule has 1 fully saturated rings. The molecule has 0 saturated heterocycles. The van der Waals surface area contributed by atoms with Crippen LogP contribution in [0.1, 0.15) is 24.0 Å². The lowest BCUT2D eigenvalue weighted by Gasteiger charge is -2.33. The molecule has 0 spiro atoms. The minimum absolute atomic E-state index is 0.169. The lowest BCUT2D eigenvalue weighted by atomic mass is 9.71. The highest BCUT2D eigenvalue weighted by Crippen LogP contribution is 2.38. The summed E-state index contributed by atoms with van der Waals surface area (Å²) < 4.78 is 0. The Kier molecular flexibility index (Phi) is 3.20. The van der Waals surface area contributed by atoms with Crippen LogP contribution in [-0.4, -0.2) is 11.1 Å². The number of hydrogen-bond donors (Lipinski definition) is 1. The van der Waals surface area contributed by atoms with Crippen LogP contribution >= 0.6 is 11.6 Å². The summed E-state index contributed by atoms with van der Waals surface area (Å²) in [4.78, 5) is 10.9. The van der Waals surface area contributed by atoms with Gasteiger partial charge in [-0.2, -0.15) is 0 Å². The topological polar surface area (TPSA) is 37.3 Å². The Bertz CT molecular complexity index is 414. The van der Waals surface area contributed by atoms with Gasteiger partial charge in [0.2, 0.25) is 0 Å². The van der Waals surface area contributed by atoms with Crippen LogP contribution < -0.4 is 0 Å². The Labute approximate surface area is 100 Å². The fraction of sp³-hybridized carbons (Fsp3) is 0.462. The first-order valence-electron chi connectivity index (χ1n) is 5.56. The average molecular weight is 239 g/mol. The smallest absolute Gasteiger partial charge is 0.306 e. The van der Waals surface area contributed by atoms with Crippen LogP contribution in [0.15, 0.2) is 18.2 Å². The van der Waals surface area contributed by atoms with Gasteiger partial charge in [0.05, 0.1) is 5.92 Å². The van der Waals surface area contributed by atoms with E-state index in [0.29, 0.717) is 0 Å². The van der Waals surface area contributed by atoms with Crippen molar-refractivity contribution in [2.75, 3.05) is 0 Å². The van der Waals surface area contributed by atoms with Gasteiger partial charge >= 0.3 is 5.97 Å². The average Bonchev–Trinajstić information content (AvgIpc) is 2.13. The molecule has 2 atom stereocenters. The quantitative estimate of drug-likeness (QED) is 0.877. The normalized spacial score (nSPS) is 23.9. The summed E-state index contributed by atoms with van der Waals surface area (Å²) in [5.74, 6) is -0.574. The van der Waals surface area contributed by atoms with Gasteiger partial charge in [-0.05, 0) is 49.3 Å². The van der Waals surface area contributed by atoms with Gasteiger partial charge in [-0.1, -0.05) is 23.7 Å². The van der Waals surface area contributed by atoms with E-state index >= 15 is 0 Å². The molecule has 2 rings (SSSR count). The van der Waals surface area contributed by atoms with Gasteiger partial charge in [0.15, 0.2) is 0 Å². The van der Waals surface area contributed by atoms with Gasteiger partial charge in [0, 0.05) is 5.02 Å². The third-order valence-electron chi connectivity index (χ3n) is 3.43. The van der Waals surface area contributed by atoms with Gasteiger partial charge in [-0.3, -0.25) is 4.79 Å². The summed E-state index contributed by atoms with van der Waals surface area (Å²) in [6.45, 7) is 2.00. The summed E-state index contributed by atoms with van der Waals surface area (Å²) in [6, 6.07) is 5.97.